The van der Waals surface area contributed by atoms with Gasteiger partial charge in [-0.05, 0) is 41.3 Å². The number of rotatable bonds is 9. The number of hydrogen-bond donors (Lipinski definition) is 2. The molecule has 5 nitrogen and oxygen atoms in total. The van der Waals surface area contributed by atoms with Crippen molar-refractivity contribution in [1.82, 2.24) is 4.57 Å². The first-order chi connectivity index (χ1) is 18.2. The molecule has 0 spiro atoms. The summed E-state index contributed by atoms with van der Waals surface area (Å²) in [4.78, 5) is 0. The van der Waals surface area contributed by atoms with Gasteiger partial charge in [-0.2, -0.15) is 0 Å². The van der Waals surface area contributed by atoms with E-state index in [9.17, 15) is 0 Å². The van der Waals surface area contributed by atoms with Crippen molar-refractivity contribution in [3.05, 3.63) is 108 Å². The molecule has 39 heavy (non-hydrogen) atoms. The minimum atomic E-state index is 0. The quantitative estimate of drug-likeness (QED) is 0.146. The minimum Gasteiger partial charge on any atom is -1.00 e. The van der Waals surface area contributed by atoms with Gasteiger partial charge in [0.15, 0.2) is 37.9 Å². The standard InChI is InChI=1S/C32H33N3O2.2HI/c1-2-35-31-23-27(5-3-25-11-15-33(16-12-25)19-21-36)7-9-29(31)30-10-8-28(24-32(30)35)6-4-26-13-17-34(18-14-26)20-22-37;;/h3-18,23-24,36-37H,2,19-22H2,1H3;2*1H/q+2;;/p-2. The Bertz CT molecular complexity index is 1460. The molecular formula is C32H33I2N3O2. The summed E-state index contributed by atoms with van der Waals surface area (Å²) in [6, 6.07) is 21.6. The number of aryl methyl sites for hydroxylation is 1. The first-order valence-corrected chi connectivity index (χ1v) is 12.8. The van der Waals surface area contributed by atoms with Crippen LogP contribution in [0, 0.1) is 0 Å². The highest BCUT2D eigenvalue weighted by Gasteiger charge is 2.10. The molecule has 0 aliphatic carbocycles. The molecule has 0 fully saturated rings. The van der Waals surface area contributed by atoms with Crippen LogP contribution in [-0.2, 0) is 19.6 Å². The van der Waals surface area contributed by atoms with Crippen LogP contribution in [0.1, 0.15) is 29.2 Å². The summed E-state index contributed by atoms with van der Waals surface area (Å²) in [5.41, 5.74) is 7.07. The van der Waals surface area contributed by atoms with Gasteiger partial charge in [0.05, 0.1) is 0 Å². The molecule has 0 unspecified atom stereocenters. The van der Waals surface area contributed by atoms with Crippen molar-refractivity contribution in [2.24, 2.45) is 0 Å². The van der Waals surface area contributed by atoms with Gasteiger partial charge in [0.1, 0.15) is 13.2 Å². The van der Waals surface area contributed by atoms with E-state index in [1.807, 2.05) is 33.9 Å². The summed E-state index contributed by atoms with van der Waals surface area (Å²) < 4.78 is 6.33. The number of fused-ring (bicyclic) bond motifs is 3. The third kappa shape index (κ3) is 7.33. The molecular weight excluding hydrogens is 712 g/mol. The molecule has 7 heteroatoms. The molecule has 0 atom stereocenters. The van der Waals surface area contributed by atoms with Crippen LogP contribution >= 0.6 is 0 Å². The van der Waals surface area contributed by atoms with E-state index in [-0.39, 0.29) is 61.2 Å². The Kier molecular flexibility index (Phi) is 11.7. The average Bonchev–Trinajstić information content (AvgIpc) is 3.24. The fourth-order valence-corrected chi connectivity index (χ4v) is 4.75. The molecule has 3 heterocycles. The van der Waals surface area contributed by atoms with Gasteiger partial charge in [0, 0.05) is 52.6 Å². The first kappa shape index (κ1) is 30.9. The SMILES string of the molecule is CCn1c2cc(/C=C/c3cc[n+](CCO)cc3)ccc2c2ccc(/C=C/c3cc[n+](CCO)cc3)cc21.[I-].[I-]. The van der Waals surface area contributed by atoms with Crippen LogP contribution in [0.4, 0.5) is 0 Å². The summed E-state index contributed by atoms with van der Waals surface area (Å²) in [5.74, 6) is 0. The van der Waals surface area contributed by atoms with E-state index >= 15 is 0 Å². The molecule has 0 aliphatic rings. The zero-order chi connectivity index (χ0) is 25.6. The number of aliphatic hydroxyl groups excluding tert-OH is 2. The predicted molar refractivity (Wildman–Crippen MR) is 150 cm³/mol. The van der Waals surface area contributed by atoms with Gasteiger partial charge in [-0.25, -0.2) is 9.13 Å². The maximum atomic E-state index is 9.09. The average molecular weight is 745 g/mol. The van der Waals surface area contributed by atoms with E-state index in [1.54, 1.807) is 0 Å². The van der Waals surface area contributed by atoms with Crippen LogP contribution in [0.3, 0.4) is 0 Å². The van der Waals surface area contributed by atoms with Gasteiger partial charge in [0.25, 0.3) is 0 Å². The summed E-state index contributed by atoms with van der Waals surface area (Å²) in [6.07, 6.45) is 16.5. The number of halogens is 2. The maximum absolute atomic E-state index is 9.09. The lowest BCUT2D eigenvalue weighted by molar-refractivity contribution is -0.698. The molecule has 2 aromatic carbocycles. The van der Waals surface area contributed by atoms with E-state index in [2.05, 4.69) is 96.5 Å². The molecule has 0 aliphatic heterocycles. The third-order valence-corrected chi connectivity index (χ3v) is 6.72. The van der Waals surface area contributed by atoms with Crippen LogP contribution in [-0.4, -0.2) is 28.0 Å². The summed E-state index contributed by atoms with van der Waals surface area (Å²) in [7, 11) is 0. The van der Waals surface area contributed by atoms with E-state index in [0.717, 1.165) is 17.7 Å². The summed E-state index contributed by atoms with van der Waals surface area (Å²) in [6.45, 7) is 4.59. The third-order valence-electron chi connectivity index (χ3n) is 6.72. The molecule has 3 aromatic heterocycles. The van der Waals surface area contributed by atoms with Crippen molar-refractivity contribution in [3.63, 3.8) is 0 Å². The Morgan fingerprint density at radius 3 is 1.33 bits per heavy atom. The number of benzene rings is 2. The molecule has 5 aromatic rings. The van der Waals surface area contributed by atoms with Crippen LogP contribution in [0.25, 0.3) is 46.1 Å². The van der Waals surface area contributed by atoms with E-state index < -0.39 is 0 Å². The maximum Gasteiger partial charge on any atom is 0.171 e. The Morgan fingerprint density at radius 1 is 0.590 bits per heavy atom. The van der Waals surface area contributed by atoms with Crippen molar-refractivity contribution < 1.29 is 67.3 Å². The van der Waals surface area contributed by atoms with Crippen LogP contribution in [0.15, 0.2) is 85.5 Å². The van der Waals surface area contributed by atoms with Crippen molar-refractivity contribution >= 4 is 46.1 Å². The second kappa shape index (κ2) is 14.7. The Morgan fingerprint density at radius 2 is 0.974 bits per heavy atom. The van der Waals surface area contributed by atoms with Gasteiger partial charge in [-0.1, -0.05) is 48.6 Å². The molecule has 0 amide bonds. The fraction of sp³-hybridized carbons (Fsp3) is 0.188. The Hall–Kier alpha value is -2.60. The Balaban J connectivity index is 0.00000210. The lowest BCUT2D eigenvalue weighted by atomic mass is 10.1. The normalized spacial score (nSPS) is 11.4. The second-order valence-electron chi connectivity index (χ2n) is 9.15. The number of pyridine rings is 2. The zero-order valence-corrected chi connectivity index (χ0v) is 26.2. The topological polar surface area (TPSA) is 53.2 Å². The van der Waals surface area contributed by atoms with Crippen molar-refractivity contribution in [2.75, 3.05) is 13.2 Å². The predicted octanol–water partition coefficient (Wildman–Crippen LogP) is -1.28. The summed E-state index contributed by atoms with van der Waals surface area (Å²) >= 11 is 0. The van der Waals surface area contributed by atoms with Gasteiger partial charge in [0.2, 0.25) is 0 Å². The van der Waals surface area contributed by atoms with Crippen LogP contribution < -0.4 is 57.1 Å². The van der Waals surface area contributed by atoms with Crippen molar-refractivity contribution in [1.29, 1.82) is 0 Å². The smallest absolute Gasteiger partial charge is 0.171 e. The molecule has 5 rings (SSSR count). The highest BCUT2D eigenvalue weighted by Crippen LogP contribution is 2.31. The molecule has 0 radical (unpaired) electrons. The molecule has 2 N–H and O–H groups in total. The number of aliphatic hydroxyl groups is 2. The number of hydrogen-bond acceptors (Lipinski definition) is 2. The number of nitrogens with zero attached hydrogens (tertiary/aromatic N) is 3. The lowest BCUT2D eigenvalue weighted by Crippen LogP contribution is -3.00. The van der Waals surface area contributed by atoms with E-state index in [1.165, 1.54) is 32.9 Å². The van der Waals surface area contributed by atoms with Crippen molar-refractivity contribution in [2.45, 2.75) is 26.6 Å². The highest BCUT2D eigenvalue weighted by molar-refractivity contribution is 6.09. The largest absolute Gasteiger partial charge is 1.00 e. The van der Waals surface area contributed by atoms with Gasteiger partial charge in [-0.3, -0.25) is 0 Å². The lowest BCUT2D eigenvalue weighted by Gasteiger charge is -2.04. The van der Waals surface area contributed by atoms with E-state index in [4.69, 9.17) is 10.2 Å². The van der Waals surface area contributed by atoms with E-state index in [0.29, 0.717) is 13.1 Å². The second-order valence-corrected chi connectivity index (χ2v) is 9.15. The number of aromatic nitrogens is 3. The highest BCUT2D eigenvalue weighted by atomic mass is 127. The van der Waals surface area contributed by atoms with Crippen molar-refractivity contribution in [3.8, 4) is 0 Å². The summed E-state index contributed by atoms with van der Waals surface area (Å²) in [5, 5.41) is 20.7. The fourth-order valence-electron chi connectivity index (χ4n) is 4.75. The molecule has 0 saturated heterocycles. The Labute approximate surface area is 263 Å². The monoisotopic (exact) mass is 745 g/mol. The van der Waals surface area contributed by atoms with Crippen LogP contribution in [0.2, 0.25) is 0 Å². The van der Waals surface area contributed by atoms with Gasteiger partial charge < -0.3 is 62.7 Å². The van der Waals surface area contributed by atoms with Gasteiger partial charge in [-0.15, -0.1) is 0 Å². The molecule has 0 bridgehead atoms. The first-order valence-electron chi connectivity index (χ1n) is 12.8. The zero-order valence-electron chi connectivity index (χ0n) is 21.9. The molecule has 0 saturated carbocycles. The van der Waals surface area contributed by atoms with Crippen LogP contribution in [0.5, 0.6) is 0 Å². The minimum absolute atomic E-state index is 0. The molecule has 202 valence electrons. The van der Waals surface area contributed by atoms with Gasteiger partial charge >= 0.3 is 0 Å².